The van der Waals surface area contributed by atoms with Crippen molar-refractivity contribution in [1.29, 1.82) is 0 Å². The normalized spacial score (nSPS) is 20.1. The Hall–Kier alpha value is -0.990. The Morgan fingerprint density at radius 1 is 0.148 bits per heavy atom. The van der Waals surface area contributed by atoms with Crippen molar-refractivity contribution in [1.82, 2.24) is 0 Å². The average molecular weight is 763 g/mol. The smallest absolute Gasteiger partial charge is 0.126 e. The highest BCUT2D eigenvalue weighted by atomic mass is 16.1. The van der Waals surface area contributed by atoms with Crippen molar-refractivity contribution in [2.24, 2.45) is 0 Å². The summed E-state index contributed by atoms with van der Waals surface area (Å²) in [7, 11) is 0. The first kappa shape index (κ1) is 57.3. The molecule has 324 valence electrons. The number of carbonyl (C=O) groups excluding carboxylic acids is 3. The number of hydrogen-bond donors (Lipinski definition) is 0. The maximum absolute atomic E-state index is 9.44. The van der Waals surface area contributed by atoms with E-state index in [1.54, 1.807) is 0 Å². The molecule has 0 N–H and O–H groups in total. The number of hydrogen-bond acceptors (Lipinski definition) is 3. The number of rotatable bonds is 0. The molecule has 0 atom stereocenters. The molecule has 7 rings (SSSR count). The van der Waals surface area contributed by atoms with E-state index in [9.17, 15) is 14.4 Å². The topological polar surface area (TPSA) is 51.2 Å². The van der Waals surface area contributed by atoms with E-state index in [1.807, 2.05) is 0 Å². The number of ketones is 3. The van der Waals surface area contributed by atoms with Gasteiger partial charge in [-0.3, -0.25) is 0 Å². The van der Waals surface area contributed by atoms with Crippen LogP contribution in [0.4, 0.5) is 0 Å². The van der Waals surface area contributed by atoms with E-state index >= 15 is 0 Å². The second-order valence-electron chi connectivity index (χ2n) is 17.6. The zero-order valence-corrected chi connectivity index (χ0v) is 38.4. The van der Waals surface area contributed by atoms with Crippen LogP contribution in [0, 0.1) is 0 Å². The molecule has 7 aliphatic carbocycles. The first-order valence-corrected chi connectivity index (χ1v) is 24.6. The van der Waals surface area contributed by atoms with E-state index in [0.717, 1.165) is 0 Å². The zero-order valence-electron chi connectivity index (χ0n) is 38.4. The maximum Gasteiger partial charge on any atom is 0.126 e. The summed E-state index contributed by atoms with van der Waals surface area (Å²) in [6.45, 7) is 9.17. The Balaban J connectivity index is -0.000000538. The molecule has 0 aromatic rings. The summed E-state index contributed by atoms with van der Waals surface area (Å²) in [4.78, 5) is 28.3. The third-order valence-corrected chi connectivity index (χ3v) is 10.5. The Bertz CT molecular complexity index is 447. The summed E-state index contributed by atoms with van der Waals surface area (Å²) in [5, 5.41) is 0. The lowest BCUT2D eigenvalue weighted by atomic mass is 10.0. The summed E-state index contributed by atoms with van der Waals surface area (Å²) in [5.41, 5.74) is 0. The van der Waals surface area contributed by atoms with Crippen LogP contribution in [0.5, 0.6) is 0 Å². The predicted molar refractivity (Wildman–Crippen MR) is 243 cm³/mol. The molecular formula is C51H102O3. The van der Waals surface area contributed by atoms with Crippen LogP contribution in [0.3, 0.4) is 0 Å². The molecule has 0 bridgehead atoms. The molecule has 0 heterocycles. The zero-order chi connectivity index (χ0) is 40.4. The van der Waals surface area contributed by atoms with Gasteiger partial charge in [0.1, 0.15) is 17.3 Å². The molecule has 0 aromatic carbocycles. The molecule has 7 saturated carbocycles. The van der Waals surface area contributed by atoms with Gasteiger partial charge in [-0.2, -0.15) is 0 Å². The van der Waals surface area contributed by atoms with Gasteiger partial charge in [-0.05, 0) is 41.5 Å². The summed E-state index contributed by atoms with van der Waals surface area (Å²) in [5.74, 6) is 0.500. The predicted octanol–water partition coefficient (Wildman–Crippen LogP) is 18.2. The fourth-order valence-corrected chi connectivity index (χ4v) is 7.42. The first-order valence-electron chi connectivity index (χ1n) is 24.6. The van der Waals surface area contributed by atoms with Crippen LogP contribution in [-0.2, 0) is 14.4 Å². The van der Waals surface area contributed by atoms with E-state index in [0.29, 0.717) is 0 Å². The monoisotopic (exact) mass is 763 g/mol. The number of carbonyl (C=O) groups is 3. The highest BCUT2D eigenvalue weighted by Crippen LogP contribution is 2.18. The van der Waals surface area contributed by atoms with E-state index in [1.165, 1.54) is 311 Å². The summed E-state index contributed by atoms with van der Waals surface area (Å²) < 4.78 is 0. The van der Waals surface area contributed by atoms with Gasteiger partial charge in [-0.25, -0.2) is 0 Å². The lowest BCUT2D eigenvalue weighted by molar-refractivity contribution is -0.115. The van der Waals surface area contributed by atoms with Gasteiger partial charge in [0, 0.05) is 0 Å². The van der Waals surface area contributed by atoms with Crippen LogP contribution in [0.2, 0.25) is 0 Å². The third kappa shape index (κ3) is 75.9. The van der Waals surface area contributed by atoms with Crippen LogP contribution >= 0.6 is 0 Å². The standard InChI is InChI=1S/7C6H12.3C3H6O/c7*1-2-4-6-5-3-1;3*1-3(2)4/h7*1-6H2;3*1-2H3. The second-order valence-corrected chi connectivity index (χ2v) is 17.6. The minimum absolute atomic E-state index is 0.167. The largest absolute Gasteiger partial charge is 0.300 e. The maximum atomic E-state index is 9.44. The molecule has 0 aliphatic heterocycles. The van der Waals surface area contributed by atoms with Crippen LogP contribution < -0.4 is 0 Å². The van der Waals surface area contributed by atoms with Crippen LogP contribution in [-0.4, -0.2) is 17.3 Å². The summed E-state index contributed by atoms with van der Waals surface area (Å²) in [6.07, 6.45) is 63.0. The van der Waals surface area contributed by atoms with Crippen molar-refractivity contribution < 1.29 is 14.4 Å². The van der Waals surface area contributed by atoms with Gasteiger partial charge in [0.05, 0.1) is 0 Å². The van der Waals surface area contributed by atoms with Crippen LogP contribution in [0.1, 0.15) is 311 Å². The van der Waals surface area contributed by atoms with E-state index in [2.05, 4.69) is 0 Å². The summed E-state index contributed by atoms with van der Waals surface area (Å²) in [6, 6.07) is 0. The minimum Gasteiger partial charge on any atom is -0.300 e. The Morgan fingerprint density at radius 2 is 0.167 bits per heavy atom. The van der Waals surface area contributed by atoms with Gasteiger partial charge in [0.2, 0.25) is 0 Å². The Kier molecular flexibility index (Phi) is 57.5. The Labute approximate surface area is 341 Å². The van der Waals surface area contributed by atoms with Gasteiger partial charge in [-0.15, -0.1) is 0 Å². The van der Waals surface area contributed by atoms with Gasteiger partial charge >= 0.3 is 0 Å². The SMILES string of the molecule is C1CCCCC1.C1CCCCC1.C1CCCCC1.C1CCCCC1.C1CCCCC1.C1CCCCC1.C1CCCCC1.CC(C)=O.CC(C)=O.CC(C)=O. The third-order valence-electron chi connectivity index (χ3n) is 10.5. The first-order chi connectivity index (χ1) is 26.2. The van der Waals surface area contributed by atoms with Crippen molar-refractivity contribution in [2.75, 3.05) is 0 Å². The van der Waals surface area contributed by atoms with Gasteiger partial charge in [-0.1, -0.05) is 270 Å². The highest BCUT2D eigenvalue weighted by Gasteiger charge is 1.99. The lowest BCUT2D eigenvalue weighted by Crippen LogP contribution is -1.85. The van der Waals surface area contributed by atoms with Crippen molar-refractivity contribution in [2.45, 2.75) is 311 Å². The quantitative estimate of drug-likeness (QED) is 0.247. The Morgan fingerprint density at radius 3 is 0.185 bits per heavy atom. The molecule has 0 saturated heterocycles. The molecule has 7 aliphatic rings. The fraction of sp³-hybridized carbons (Fsp3) is 0.941. The van der Waals surface area contributed by atoms with E-state index in [4.69, 9.17) is 0 Å². The van der Waals surface area contributed by atoms with E-state index in [-0.39, 0.29) is 17.3 Å². The van der Waals surface area contributed by atoms with E-state index < -0.39 is 0 Å². The number of Topliss-reactive ketones (excluding diaryl/α,β-unsaturated/α-hetero) is 3. The van der Waals surface area contributed by atoms with Gasteiger partial charge in [0.25, 0.3) is 0 Å². The molecule has 0 amide bonds. The van der Waals surface area contributed by atoms with Crippen molar-refractivity contribution >= 4 is 17.3 Å². The molecule has 7 fully saturated rings. The molecule has 0 unspecified atom stereocenters. The lowest BCUT2D eigenvalue weighted by Gasteiger charge is -2.05. The molecule has 0 spiro atoms. The summed E-state index contributed by atoms with van der Waals surface area (Å²) >= 11 is 0. The molecule has 0 aromatic heterocycles. The van der Waals surface area contributed by atoms with Crippen LogP contribution in [0.25, 0.3) is 0 Å². The van der Waals surface area contributed by atoms with Crippen LogP contribution in [0.15, 0.2) is 0 Å². The van der Waals surface area contributed by atoms with Crippen molar-refractivity contribution in [3.05, 3.63) is 0 Å². The van der Waals surface area contributed by atoms with Crippen molar-refractivity contribution in [3.63, 3.8) is 0 Å². The minimum atomic E-state index is 0.167. The highest BCUT2D eigenvalue weighted by molar-refractivity contribution is 5.72. The molecular weight excluding hydrogens is 661 g/mol. The molecule has 54 heavy (non-hydrogen) atoms. The molecule has 3 nitrogen and oxygen atoms in total. The molecule has 3 heteroatoms. The van der Waals surface area contributed by atoms with Gasteiger partial charge in [0.15, 0.2) is 0 Å². The van der Waals surface area contributed by atoms with Gasteiger partial charge < -0.3 is 14.4 Å². The van der Waals surface area contributed by atoms with Crippen molar-refractivity contribution in [3.8, 4) is 0 Å². The second kappa shape index (κ2) is 54.1. The molecule has 0 radical (unpaired) electrons. The average Bonchev–Trinajstić information content (AvgIpc) is 3.23. The fourth-order valence-electron chi connectivity index (χ4n) is 7.42.